The van der Waals surface area contributed by atoms with Crippen LogP contribution in [0.4, 0.5) is 5.69 Å². The van der Waals surface area contributed by atoms with Gasteiger partial charge in [0.05, 0.1) is 11.3 Å². The molecule has 0 fully saturated rings. The van der Waals surface area contributed by atoms with Crippen LogP contribution in [0.15, 0.2) is 112 Å². The van der Waals surface area contributed by atoms with E-state index in [9.17, 15) is 9.59 Å². The molecule has 35 heavy (non-hydrogen) atoms. The quantitative estimate of drug-likeness (QED) is 0.355. The average Bonchev–Trinajstić information content (AvgIpc) is 3.32. The van der Waals surface area contributed by atoms with Crippen LogP contribution in [0.25, 0.3) is 38.8 Å². The first-order chi connectivity index (χ1) is 17.1. The van der Waals surface area contributed by atoms with Crippen LogP contribution in [0.5, 0.6) is 0 Å². The fraction of sp³-hybridized carbons (Fsp3) is 0. The molecule has 0 atom stereocenters. The Morgan fingerprint density at radius 2 is 1.57 bits per heavy atom. The molecule has 0 aliphatic heterocycles. The number of para-hydroxylation sites is 2. The minimum atomic E-state index is -0.451. The van der Waals surface area contributed by atoms with E-state index in [2.05, 4.69) is 15.5 Å². The van der Waals surface area contributed by atoms with Gasteiger partial charge in [0, 0.05) is 16.6 Å². The van der Waals surface area contributed by atoms with Crippen molar-refractivity contribution in [3.63, 3.8) is 0 Å². The van der Waals surface area contributed by atoms with Gasteiger partial charge in [0.15, 0.2) is 0 Å². The summed E-state index contributed by atoms with van der Waals surface area (Å²) in [5.41, 5.74) is 4.33. The maximum absolute atomic E-state index is 13.0. The smallest absolute Gasteiger partial charge is 0.344 e. The van der Waals surface area contributed by atoms with Crippen LogP contribution < -0.4 is 10.9 Å². The molecule has 0 aliphatic rings. The van der Waals surface area contributed by atoms with Crippen LogP contribution in [0.2, 0.25) is 0 Å². The molecule has 0 saturated carbocycles. The second-order valence-corrected chi connectivity index (χ2v) is 8.05. The van der Waals surface area contributed by atoms with Gasteiger partial charge in [-0.1, -0.05) is 48.5 Å². The maximum atomic E-state index is 13.0. The van der Waals surface area contributed by atoms with Gasteiger partial charge in [0.2, 0.25) is 0 Å². The number of nitrogens with zero attached hydrogens (tertiary/aromatic N) is 3. The van der Waals surface area contributed by atoms with E-state index in [0.29, 0.717) is 33.5 Å². The second-order valence-electron chi connectivity index (χ2n) is 8.05. The summed E-state index contributed by atoms with van der Waals surface area (Å²) in [6.45, 7) is 0. The minimum absolute atomic E-state index is 0.299. The van der Waals surface area contributed by atoms with Crippen LogP contribution in [-0.2, 0) is 0 Å². The van der Waals surface area contributed by atoms with Crippen molar-refractivity contribution in [2.75, 3.05) is 5.32 Å². The number of hydrogen-bond acceptors (Lipinski definition) is 5. The Labute approximate surface area is 199 Å². The van der Waals surface area contributed by atoms with Crippen molar-refractivity contribution in [1.82, 2.24) is 15.0 Å². The molecule has 2 aromatic heterocycles. The van der Waals surface area contributed by atoms with Gasteiger partial charge in [-0.25, -0.2) is 4.79 Å². The normalized spacial score (nSPS) is 11.1. The number of carbonyl (C=O) groups is 1. The van der Waals surface area contributed by atoms with Gasteiger partial charge in [-0.05, 0) is 60.2 Å². The molecule has 0 aliphatic carbocycles. The SMILES string of the molecule is O=C(Nc1ccc2nn(-c3ccccc3)nc2c1)c1cccc(-c2cc3ccccc3oc2=O)c1. The third-order valence-corrected chi connectivity index (χ3v) is 5.70. The van der Waals surface area contributed by atoms with Crippen molar-refractivity contribution in [2.45, 2.75) is 0 Å². The molecule has 1 amide bonds. The van der Waals surface area contributed by atoms with Crippen LogP contribution >= 0.6 is 0 Å². The largest absolute Gasteiger partial charge is 0.422 e. The summed E-state index contributed by atoms with van der Waals surface area (Å²) in [5.74, 6) is -0.299. The third kappa shape index (κ3) is 3.95. The highest BCUT2D eigenvalue weighted by Gasteiger charge is 2.13. The number of amides is 1. The molecule has 6 aromatic rings. The summed E-state index contributed by atoms with van der Waals surface area (Å²) in [4.78, 5) is 27.1. The summed E-state index contributed by atoms with van der Waals surface area (Å²) in [7, 11) is 0. The van der Waals surface area contributed by atoms with Crippen molar-refractivity contribution < 1.29 is 9.21 Å². The third-order valence-electron chi connectivity index (χ3n) is 5.70. The topological polar surface area (TPSA) is 90.0 Å². The highest BCUT2D eigenvalue weighted by atomic mass is 16.4. The lowest BCUT2D eigenvalue weighted by Crippen LogP contribution is -2.12. The Kier molecular flexibility index (Phi) is 4.93. The zero-order valence-electron chi connectivity index (χ0n) is 18.4. The van der Waals surface area contributed by atoms with E-state index in [1.807, 2.05) is 54.6 Å². The Bertz CT molecular complexity index is 1770. The Hall–Kier alpha value is -5.04. The van der Waals surface area contributed by atoms with E-state index in [0.717, 1.165) is 16.6 Å². The molecule has 6 rings (SSSR count). The summed E-state index contributed by atoms with van der Waals surface area (Å²) >= 11 is 0. The molecule has 0 radical (unpaired) electrons. The van der Waals surface area contributed by atoms with Crippen LogP contribution in [0, 0.1) is 0 Å². The second kappa shape index (κ2) is 8.39. The van der Waals surface area contributed by atoms with E-state index in [1.54, 1.807) is 53.3 Å². The Morgan fingerprint density at radius 1 is 0.771 bits per heavy atom. The number of aromatic nitrogens is 3. The number of nitrogens with one attached hydrogen (secondary N) is 1. The molecule has 0 spiro atoms. The van der Waals surface area contributed by atoms with Crippen LogP contribution in [0.3, 0.4) is 0 Å². The van der Waals surface area contributed by atoms with Gasteiger partial charge in [0.25, 0.3) is 5.91 Å². The predicted octanol–water partition coefficient (Wildman–Crippen LogP) is 5.45. The standard InChI is InChI=1S/C28H18N4O3/c33-27(29-21-13-14-24-25(17-21)31-32(30-24)22-10-2-1-3-11-22)20-9-6-8-18(15-20)23-16-19-7-4-5-12-26(19)35-28(23)34/h1-17H,(H,29,33). The molecular formula is C28H18N4O3. The van der Waals surface area contributed by atoms with E-state index >= 15 is 0 Å². The number of anilines is 1. The van der Waals surface area contributed by atoms with Crippen molar-refractivity contribution >= 4 is 33.6 Å². The highest BCUT2D eigenvalue weighted by molar-refractivity contribution is 6.05. The summed E-state index contributed by atoms with van der Waals surface area (Å²) < 4.78 is 5.45. The first-order valence-corrected chi connectivity index (χ1v) is 11.0. The number of rotatable bonds is 4. The van der Waals surface area contributed by atoms with Crippen molar-refractivity contribution in [3.8, 4) is 16.8 Å². The van der Waals surface area contributed by atoms with Crippen molar-refractivity contribution in [3.05, 3.63) is 119 Å². The van der Waals surface area contributed by atoms with Gasteiger partial charge in [-0.2, -0.15) is 4.80 Å². The highest BCUT2D eigenvalue weighted by Crippen LogP contribution is 2.23. The lowest BCUT2D eigenvalue weighted by atomic mass is 10.0. The Morgan fingerprint density at radius 3 is 2.46 bits per heavy atom. The van der Waals surface area contributed by atoms with E-state index < -0.39 is 5.63 Å². The number of fused-ring (bicyclic) bond motifs is 2. The van der Waals surface area contributed by atoms with Crippen molar-refractivity contribution in [1.29, 1.82) is 0 Å². The zero-order valence-corrected chi connectivity index (χ0v) is 18.4. The lowest BCUT2D eigenvalue weighted by molar-refractivity contribution is 0.102. The molecule has 1 N–H and O–H groups in total. The predicted molar refractivity (Wildman–Crippen MR) is 135 cm³/mol. The first-order valence-electron chi connectivity index (χ1n) is 11.0. The molecule has 7 heteroatoms. The number of hydrogen-bond donors (Lipinski definition) is 1. The zero-order chi connectivity index (χ0) is 23.8. The number of carbonyl (C=O) groups excluding carboxylic acids is 1. The molecule has 0 saturated heterocycles. The molecule has 2 heterocycles. The van der Waals surface area contributed by atoms with E-state index in [-0.39, 0.29) is 5.91 Å². The van der Waals surface area contributed by atoms with Crippen molar-refractivity contribution in [2.24, 2.45) is 0 Å². The van der Waals surface area contributed by atoms with E-state index in [1.165, 1.54) is 0 Å². The Balaban J connectivity index is 1.28. The van der Waals surface area contributed by atoms with Gasteiger partial charge >= 0.3 is 5.63 Å². The molecule has 0 unspecified atom stereocenters. The minimum Gasteiger partial charge on any atom is -0.422 e. The number of benzene rings is 4. The van der Waals surface area contributed by atoms with E-state index in [4.69, 9.17) is 4.42 Å². The van der Waals surface area contributed by atoms with Crippen LogP contribution in [-0.4, -0.2) is 20.9 Å². The van der Waals surface area contributed by atoms with Gasteiger partial charge in [-0.3, -0.25) is 4.79 Å². The average molecular weight is 458 g/mol. The molecule has 4 aromatic carbocycles. The van der Waals surface area contributed by atoms with Gasteiger partial charge < -0.3 is 9.73 Å². The van der Waals surface area contributed by atoms with Crippen LogP contribution in [0.1, 0.15) is 10.4 Å². The lowest BCUT2D eigenvalue weighted by Gasteiger charge is -2.07. The molecular weight excluding hydrogens is 440 g/mol. The fourth-order valence-corrected chi connectivity index (χ4v) is 3.96. The summed E-state index contributed by atoms with van der Waals surface area (Å²) in [6.07, 6.45) is 0. The maximum Gasteiger partial charge on any atom is 0.344 e. The summed E-state index contributed by atoms with van der Waals surface area (Å²) in [6, 6.07) is 31.0. The summed E-state index contributed by atoms with van der Waals surface area (Å²) in [5, 5.41) is 12.7. The molecule has 7 nitrogen and oxygen atoms in total. The molecule has 168 valence electrons. The monoisotopic (exact) mass is 458 g/mol. The van der Waals surface area contributed by atoms with Gasteiger partial charge in [-0.15, -0.1) is 10.2 Å². The molecule has 0 bridgehead atoms. The van der Waals surface area contributed by atoms with Gasteiger partial charge in [0.1, 0.15) is 16.6 Å². The fourth-order valence-electron chi connectivity index (χ4n) is 3.96. The first kappa shape index (κ1) is 20.6.